The van der Waals surface area contributed by atoms with E-state index in [2.05, 4.69) is 27.8 Å². The zero-order chi connectivity index (χ0) is 38.6. The second-order valence-corrected chi connectivity index (χ2v) is 14.1. The van der Waals surface area contributed by atoms with E-state index in [-0.39, 0.29) is 25.2 Å². The summed E-state index contributed by atoms with van der Waals surface area (Å²) in [5.41, 5.74) is 5.80. The predicted molar refractivity (Wildman–Crippen MR) is 214 cm³/mol. The Labute approximate surface area is 325 Å². The third-order valence-electron chi connectivity index (χ3n) is 10.3. The molecule has 284 valence electrons. The lowest BCUT2D eigenvalue weighted by Gasteiger charge is -2.23. The van der Waals surface area contributed by atoms with Gasteiger partial charge < -0.3 is 27.9 Å². The SMILES string of the molecule is COc1cc(Cn2c3ccccc3c3c(OCCC(C)C(=O)N4C(=O)OC[C@@H]4Cc4ccccc4)cccc32)ccc1OCc1nc(-c2ccccc2)oc1C. The van der Waals surface area contributed by atoms with E-state index < -0.39 is 12.0 Å². The van der Waals surface area contributed by atoms with Gasteiger partial charge in [-0.3, -0.25) is 4.79 Å². The first-order valence-corrected chi connectivity index (χ1v) is 18.9. The maximum absolute atomic E-state index is 13.5. The average Bonchev–Trinajstić information content (AvgIpc) is 3.90. The van der Waals surface area contributed by atoms with Crippen molar-refractivity contribution in [1.29, 1.82) is 0 Å². The molecule has 10 heteroatoms. The summed E-state index contributed by atoms with van der Waals surface area (Å²) >= 11 is 0. The zero-order valence-electron chi connectivity index (χ0n) is 31.6. The highest BCUT2D eigenvalue weighted by Gasteiger charge is 2.39. The van der Waals surface area contributed by atoms with Gasteiger partial charge in [0.15, 0.2) is 11.5 Å². The maximum atomic E-state index is 13.5. The third kappa shape index (κ3) is 7.42. The highest BCUT2D eigenvalue weighted by atomic mass is 16.6. The van der Waals surface area contributed by atoms with Crippen LogP contribution in [0.25, 0.3) is 33.3 Å². The van der Waals surface area contributed by atoms with Gasteiger partial charge in [-0.05, 0) is 73.4 Å². The molecule has 10 nitrogen and oxygen atoms in total. The summed E-state index contributed by atoms with van der Waals surface area (Å²) in [4.78, 5) is 32.1. The Morgan fingerprint density at radius 2 is 1.59 bits per heavy atom. The van der Waals surface area contributed by atoms with Crippen LogP contribution in [0.4, 0.5) is 4.79 Å². The second-order valence-electron chi connectivity index (χ2n) is 14.1. The first kappa shape index (κ1) is 36.4. The van der Waals surface area contributed by atoms with Gasteiger partial charge in [-0.1, -0.05) is 85.8 Å². The van der Waals surface area contributed by atoms with E-state index in [0.29, 0.717) is 49.1 Å². The first-order valence-electron chi connectivity index (χ1n) is 18.9. The molecule has 2 aromatic heterocycles. The summed E-state index contributed by atoms with van der Waals surface area (Å²) in [7, 11) is 1.64. The minimum absolute atomic E-state index is 0.194. The Morgan fingerprint density at radius 1 is 0.839 bits per heavy atom. The van der Waals surface area contributed by atoms with E-state index in [1.54, 1.807) is 7.11 Å². The summed E-state index contributed by atoms with van der Waals surface area (Å²) in [6.07, 6.45) is 0.409. The van der Waals surface area contributed by atoms with Gasteiger partial charge in [0.2, 0.25) is 11.8 Å². The molecule has 8 rings (SSSR count). The number of carbonyl (C=O) groups excluding carboxylic acids is 2. The number of nitrogens with zero attached hydrogens (tertiary/aromatic N) is 3. The molecule has 1 saturated heterocycles. The van der Waals surface area contributed by atoms with Gasteiger partial charge in [-0.15, -0.1) is 0 Å². The first-order chi connectivity index (χ1) is 27.4. The minimum Gasteiger partial charge on any atom is -0.493 e. The topological polar surface area (TPSA) is 105 Å². The highest BCUT2D eigenvalue weighted by Crippen LogP contribution is 2.37. The lowest BCUT2D eigenvalue weighted by Crippen LogP contribution is -2.43. The number of carbonyl (C=O) groups is 2. The standard InChI is InChI=1S/C46H43N3O7/c1-30(45(50)49-35(28-55-46(49)51)25-32-13-6-4-7-14-32)23-24-53-41-20-12-19-39-43(41)36-17-10-11-18-38(36)48(39)27-33-21-22-40(42(26-33)52-3)54-29-37-31(2)56-44(47-37)34-15-8-5-9-16-34/h4-22,26,30,35H,23-25,27-29H2,1-3H3/t30?,35-/m0/s1. The van der Waals surface area contributed by atoms with E-state index in [4.69, 9.17) is 23.4 Å². The molecule has 5 aromatic carbocycles. The number of hydrogen-bond donors (Lipinski definition) is 0. The Morgan fingerprint density at radius 3 is 2.39 bits per heavy atom. The van der Waals surface area contributed by atoms with Crippen LogP contribution in [-0.4, -0.2) is 52.8 Å². The monoisotopic (exact) mass is 749 g/mol. The molecular formula is C46H43N3O7. The normalized spacial score (nSPS) is 14.6. The van der Waals surface area contributed by atoms with Crippen LogP contribution >= 0.6 is 0 Å². The molecule has 1 unspecified atom stereocenters. The predicted octanol–water partition coefficient (Wildman–Crippen LogP) is 9.39. The molecule has 0 bridgehead atoms. The molecule has 1 aliphatic rings. The molecule has 56 heavy (non-hydrogen) atoms. The van der Waals surface area contributed by atoms with E-state index >= 15 is 0 Å². The number of benzene rings is 5. The molecule has 1 aliphatic heterocycles. The molecule has 0 radical (unpaired) electrons. The van der Waals surface area contributed by atoms with Crippen LogP contribution in [0.1, 0.15) is 35.9 Å². The van der Waals surface area contributed by atoms with E-state index in [9.17, 15) is 9.59 Å². The van der Waals surface area contributed by atoms with Gasteiger partial charge >= 0.3 is 6.09 Å². The number of para-hydroxylation sites is 1. The van der Waals surface area contributed by atoms with Crippen LogP contribution in [0.15, 0.2) is 126 Å². The minimum atomic E-state index is -0.583. The van der Waals surface area contributed by atoms with Gasteiger partial charge in [0.25, 0.3) is 0 Å². The Kier molecular flexibility index (Phi) is 10.4. The van der Waals surface area contributed by atoms with Crippen molar-refractivity contribution in [3.05, 3.63) is 144 Å². The van der Waals surface area contributed by atoms with Crippen molar-refractivity contribution in [1.82, 2.24) is 14.5 Å². The molecule has 0 spiro atoms. The van der Waals surface area contributed by atoms with Crippen molar-refractivity contribution in [2.45, 2.75) is 45.9 Å². The number of cyclic esters (lactones) is 1. The van der Waals surface area contributed by atoms with E-state index in [0.717, 1.165) is 49.9 Å². The molecule has 0 N–H and O–H groups in total. The molecule has 0 saturated carbocycles. The fraction of sp³-hybridized carbons (Fsp3) is 0.239. The Balaban J connectivity index is 0.964. The van der Waals surface area contributed by atoms with Crippen molar-refractivity contribution in [2.24, 2.45) is 5.92 Å². The van der Waals surface area contributed by atoms with Crippen LogP contribution in [0.3, 0.4) is 0 Å². The lowest BCUT2D eigenvalue weighted by molar-refractivity contribution is -0.133. The van der Waals surface area contributed by atoms with Crippen molar-refractivity contribution < 1.29 is 33.0 Å². The number of fused-ring (bicyclic) bond motifs is 3. The van der Waals surface area contributed by atoms with Crippen LogP contribution in [0.2, 0.25) is 0 Å². The zero-order valence-corrected chi connectivity index (χ0v) is 31.6. The van der Waals surface area contributed by atoms with Gasteiger partial charge in [0.05, 0.1) is 25.3 Å². The van der Waals surface area contributed by atoms with Crippen molar-refractivity contribution >= 4 is 33.8 Å². The maximum Gasteiger partial charge on any atom is 0.416 e. The van der Waals surface area contributed by atoms with Gasteiger partial charge in [-0.2, -0.15) is 0 Å². The van der Waals surface area contributed by atoms with Crippen molar-refractivity contribution in [2.75, 3.05) is 20.3 Å². The summed E-state index contributed by atoms with van der Waals surface area (Å²) in [6, 6.07) is 39.6. The number of rotatable bonds is 14. The van der Waals surface area contributed by atoms with Crippen LogP contribution in [0.5, 0.6) is 17.2 Å². The molecular weight excluding hydrogens is 707 g/mol. The summed E-state index contributed by atoms with van der Waals surface area (Å²) < 4.78 is 31.9. The fourth-order valence-corrected chi connectivity index (χ4v) is 7.35. The number of methoxy groups -OCH3 is 1. The van der Waals surface area contributed by atoms with Crippen LogP contribution < -0.4 is 14.2 Å². The third-order valence-corrected chi connectivity index (χ3v) is 10.3. The summed E-state index contributed by atoms with van der Waals surface area (Å²) in [6.45, 7) is 5.04. The van der Waals surface area contributed by atoms with Crippen LogP contribution in [-0.2, 0) is 29.1 Å². The van der Waals surface area contributed by atoms with E-state index in [1.165, 1.54) is 4.90 Å². The average molecular weight is 750 g/mol. The smallest absolute Gasteiger partial charge is 0.416 e. The van der Waals surface area contributed by atoms with Gasteiger partial charge in [0, 0.05) is 34.3 Å². The number of amides is 2. The molecule has 1 fully saturated rings. The second kappa shape index (κ2) is 16.0. The summed E-state index contributed by atoms with van der Waals surface area (Å²) in [5.74, 6) is 2.55. The molecule has 3 heterocycles. The number of imide groups is 1. The quantitative estimate of drug-likeness (QED) is 0.108. The number of ether oxygens (including phenoxy) is 4. The van der Waals surface area contributed by atoms with Gasteiger partial charge in [-0.25, -0.2) is 14.7 Å². The number of hydrogen-bond acceptors (Lipinski definition) is 8. The van der Waals surface area contributed by atoms with Gasteiger partial charge in [0.1, 0.15) is 30.4 Å². The molecule has 7 aromatic rings. The molecule has 0 aliphatic carbocycles. The Hall–Kier alpha value is -6.55. The Bertz CT molecular complexity index is 2490. The van der Waals surface area contributed by atoms with Crippen molar-refractivity contribution in [3.8, 4) is 28.7 Å². The lowest BCUT2D eigenvalue weighted by atomic mass is 10.0. The molecule has 2 atom stereocenters. The molecule has 2 amide bonds. The number of aromatic nitrogens is 2. The summed E-state index contributed by atoms with van der Waals surface area (Å²) in [5, 5.41) is 2.06. The number of oxazole rings is 1. The highest BCUT2D eigenvalue weighted by molar-refractivity contribution is 6.11. The van der Waals surface area contributed by atoms with Crippen LogP contribution in [0, 0.1) is 12.8 Å². The fourth-order valence-electron chi connectivity index (χ4n) is 7.35. The number of aryl methyl sites for hydroxylation is 1. The van der Waals surface area contributed by atoms with E-state index in [1.807, 2.05) is 117 Å². The van der Waals surface area contributed by atoms with Crippen molar-refractivity contribution in [3.63, 3.8) is 0 Å². The largest absolute Gasteiger partial charge is 0.493 e.